The van der Waals surface area contributed by atoms with E-state index in [9.17, 15) is 0 Å². The van der Waals surface area contributed by atoms with Crippen molar-refractivity contribution in [1.82, 2.24) is 10.5 Å². The molecule has 0 fully saturated rings. The Balaban J connectivity index is 2.01. The van der Waals surface area contributed by atoms with Gasteiger partial charge in [0.2, 0.25) is 0 Å². The fourth-order valence-corrected chi connectivity index (χ4v) is 2.05. The van der Waals surface area contributed by atoms with Gasteiger partial charge in [0, 0.05) is 18.2 Å². The molecule has 0 aliphatic carbocycles. The van der Waals surface area contributed by atoms with Crippen molar-refractivity contribution in [3.63, 3.8) is 0 Å². The smallest absolute Gasteiger partial charge is 0.167 e. The highest BCUT2D eigenvalue weighted by Crippen LogP contribution is 2.23. The van der Waals surface area contributed by atoms with Gasteiger partial charge in [-0.3, -0.25) is 0 Å². The predicted octanol–water partition coefficient (Wildman–Crippen LogP) is 4.21. The van der Waals surface area contributed by atoms with Crippen molar-refractivity contribution in [3.8, 4) is 11.3 Å². The summed E-state index contributed by atoms with van der Waals surface area (Å²) in [4.78, 5) is 0. The zero-order valence-electron chi connectivity index (χ0n) is 12.8. The quantitative estimate of drug-likeness (QED) is 0.856. The minimum Gasteiger partial charge on any atom is -0.356 e. The molecule has 1 aromatic heterocycles. The van der Waals surface area contributed by atoms with E-state index >= 15 is 0 Å². The molecule has 0 bridgehead atoms. The minimum absolute atomic E-state index is 0.551. The third-order valence-corrected chi connectivity index (χ3v) is 3.28. The van der Waals surface area contributed by atoms with Crippen molar-refractivity contribution in [3.05, 3.63) is 41.6 Å². The van der Waals surface area contributed by atoms with Gasteiger partial charge in [0.1, 0.15) is 0 Å². The summed E-state index contributed by atoms with van der Waals surface area (Å²) < 4.78 is 5.42. The van der Waals surface area contributed by atoms with Crippen LogP contribution in [0.25, 0.3) is 11.3 Å². The Bertz CT molecular complexity index is 526. The lowest BCUT2D eigenvalue weighted by atomic mass is 10.0. The maximum Gasteiger partial charge on any atom is 0.167 e. The molecule has 108 valence electrons. The molecular weight excluding hydrogens is 248 g/mol. The molecule has 0 atom stereocenters. The zero-order valence-corrected chi connectivity index (χ0v) is 12.8. The second-order valence-corrected chi connectivity index (χ2v) is 5.98. The first-order valence-corrected chi connectivity index (χ1v) is 7.33. The summed E-state index contributed by atoms with van der Waals surface area (Å²) in [7, 11) is 0. The number of nitrogens with zero attached hydrogens (tertiary/aromatic N) is 1. The van der Waals surface area contributed by atoms with Gasteiger partial charge in [-0.05, 0) is 23.9 Å². The molecule has 0 saturated heterocycles. The molecule has 0 saturated carbocycles. The lowest BCUT2D eigenvalue weighted by Gasteiger charge is -2.05. The van der Waals surface area contributed by atoms with Gasteiger partial charge in [-0.25, -0.2) is 0 Å². The zero-order chi connectivity index (χ0) is 14.5. The van der Waals surface area contributed by atoms with Gasteiger partial charge in [0.25, 0.3) is 0 Å². The van der Waals surface area contributed by atoms with Crippen LogP contribution in [0.5, 0.6) is 0 Å². The van der Waals surface area contributed by atoms with Crippen molar-refractivity contribution >= 4 is 0 Å². The molecule has 0 aliphatic heterocycles. The van der Waals surface area contributed by atoms with Gasteiger partial charge in [-0.1, -0.05) is 57.1 Å². The van der Waals surface area contributed by atoms with Gasteiger partial charge in [-0.15, -0.1) is 0 Å². The Kier molecular flexibility index (Phi) is 4.96. The highest BCUT2D eigenvalue weighted by molar-refractivity contribution is 5.57. The fourth-order valence-electron chi connectivity index (χ4n) is 2.05. The molecule has 3 heteroatoms. The van der Waals surface area contributed by atoms with Crippen LogP contribution in [0, 0.1) is 5.92 Å². The maximum absolute atomic E-state index is 5.42. The SMILES string of the molecule is CC(C)CNCc1cc(-c2ccc(C(C)C)cc2)on1. The second-order valence-electron chi connectivity index (χ2n) is 5.98. The molecule has 1 heterocycles. The molecular formula is C17H24N2O. The van der Waals surface area contributed by atoms with Gasteiger partial charge in [0.05, 0.1) is 5.69 Å². The fraction of sp³-hybridized carbons (Fsp3) is 0.471. The van der Waals surface area contributed by atoms with Gasteiger partial charge >= 0.3 is 0 Å². The van der Waals surface area contributed by atoms with Crippen LogP contribution in [-0.2, 0) is 6.54 Å². The molecule has 20 heavy (non-hydrogen) atoms. The molecule has 0 aliphatic rings. The van der Waals surface area contributed by atoms with Gasteiger partial charge < -0.3 is 9.84 Å². The average Bonchev–Trinajstić information content (AvgIpc) is 2.87. The van der Waals surface area contributed by atoms with Crippen LogP contribution in [0.15, 0.2) is 34.9 Å². The molecule has 1 aromatic carbocycles. The van der Waals surface area contributed by atoms with Crippen molar-refractivity contribution < 1.29 is 4.52 Å². The molecule has 0 amide bonds. The van der Waals surface area contributed by atoms with Crippen LogP contribution in [0.2, 0.25) is 0 Å². The van der Waals surface area contributed by atoms with Crippen molar-refractivity contribution in [2.24, 2.45) is 5.92 Å². The van der Waals surface area contributed by atoms with E-state index in [1.807, 2.05) is 6.07 Å². The highest BCUT2D eigenvalue weighted by atomic mass is 16.5. The summed E-state index contributed by atoms with van der Waals surface area (Å²) in [6.45, 7) is 10.5. The number of hydrogen-bond acceptors (Lipinski definition) is 3. The number of aromatic nitrogens is 1. The normalized spacial score (nSPS) is 11.5. The van der Waals surface area contributed by atoms with Crippen molar-refractivity contribution in [2.75, 3.05) is 6.54 Å². The Labute approximate surface area is 121 Å². The Morgan fingerprint density at radius 1 is 1.10 bits per heavy atom. The van der Waals surface area contributed by atoms with Crippen LogP contribution >= 0.6 is 0 Å². The first-order valence-electron chi connectivity index (χ1n) is 7.33. The molecule has 2 rings (SSSR count). The summed E-state index contributed by atoms with van der Waals surface area (Å²) in [6, 6.07) is 10.5. The standard InChI is InChI=1S/C17H24N2O/c1-12(2)10-18-11-16-9-17(20-19-16)15-7-5-14(6-8-15)13(3)4/h5-9,12-13,18H,10-11H2,1-4H3. The minimum atomic E-state index is 0.551. The summed E-state index contributed by atoms with van der Waals surface area (Å²) in [5, 5.41) is 7.48. The summed E-state index contributed by atoms with van der Waals surface area (Å²) in [6.07, 6.45) is 0. The average molecular weight is 272 g/mol. The largest absolute Gasteiger partial charge is 0.356 e. The van der Waals surface area contributed by atoms with Crippen LogP contribution in [0.3, 0.4) is 0 Å². The van der Waals surface area contributed by atoms with Crippen molar-refractivity contribution in [2.45, 2.75) is 40.2 Å². The van der Waals surface area contributed by atoms with E-state index in [4.69, 9.17) is 4.52 Å². The Hall–Kier alpha value is -1.61. The van der Waals surface area contributed by atoms with E-state index in [1.54, 1.807) is 0 Å². The van der Waals surface area contributed by atoms with Gasteiger partial charge in [-0.2, -0.15) is 0 Å². The molecule has 1 N–H and O–H groups in total. The summed E-state index contributed by atoms with van der Waals surface area (Å²) in [5.74, 6) is 2.03. The van der Waals surface area contributed by atoms with Crippen LogP contribution in [-0.4, -0.2) is 11.7 Å². The van der Waals surface area contributed by atoms with Crippen LogP contribution in [0.4, 0.5) is 0 Å². The first kappa shape index (κ1) is 14.8. The first-order chi connectivity index (χ1) is 9.56. The third kappa shape index (κ3) is 3.94. The molecule has 2 aromatic rings. The van der Waals surface area contributed by atoms with Crippen molar-refractivity contribution in [1.29, 1.82) is 0 Å². The highest BCUT2D eigenvalue weighted by Gasteiger charge is 2.07. The lowest BCUT2D eigenvalue weighted by Crippen LogP contribution is -2.18. The van der Waals surface area contributed by atoms with E-state index in [-0.39, 0.29) is 0 Å². The second kappa shape index (κ2) is 6.71. The van der Waals surface area contributed by atoms with Crippen LogP contribution < -0.4 is 5.32 Å². The van der Waals surface area contributed by atoms with E-state index in [0.717, 1.165) is 30.1 Å². The lowest BCUT2D eigenvalue weighted by molar-refractivity contribution is 0.418. The monoisotopic (exact) mass is 272 g/mol. The molecule has 3 nitrogen and oxygen atoms in total. The topological polar surface area (TPSA) is 38.1 Å². The number of rotatable bonds is 6. The number of nitrogens with one attached hydrogen (secondary N) is 1. The molecule has 0 unspecified atom stereocenters. The van der Waals surface area contributed by atoms with Gasteiger partial charge in [0.15, 0.2) is 5.76 Å². The Morgan fingerprint density at radius 3 is 2.40 bits per heavy atom. The van der Waals surface area contributed by atoms with E-state index in [0.29, 0.717) is 11.8 Å². The molecule has 0 spiro atoms. The maximum atomic E-state index is 5.42. The van der Waals surface area contributed by atoms with E-state index < -0.39 is 0 Å². The van der Waals surface area contributed by atoms with E-state index in [1.165, 1.54) is 5.56 Å². The third-order valence-electron chi connectivity index (χ3n) is 3.28. The summed E-state index contributed by atoms with van der Waals surface area (Å²) >= 11 is 0. The molecule has 0 radical (unpaired) electrons. The predicted molar refractivity (Wildman–Crippen MR) is 82.6 cm³/mol. The van der Waals surface area contributed by atoms with Crippen LogP contribution in [0.1, 0.15) is 44.9 Å². The number of hydrogen-bond donors (Lipinski definition) is 1. The number of benzene rings is 1. The van der Waals surface area contributed by atoms with E-state index in [2.05, 4.69) is 62.4 Å². The summed E-state index contributed by atoms with van der Waals surface area (Å²) in [5.41, 5.74) is 3.37. The Morgan fingerprint density at radius 2 is 1.80 bits per heavy atom.